The molecule has 37 heavy (non-hydrogen) atoms. The lowest BCUT2D eigenvalue weighted by Crippen LogP contribution is -2.33. The Bertz CT molecular complexity index is 1500. The summed E-state index contributed by atoms with van der Waals surface area (Å²) in [6, 6.07) is 8.22. The van der Waals surface area contributed by atoms with Crippen LogP contribution in [0.25, 0.3) is 10.4 Å². The third-order valence-electron chi connectivity index (χ3n) is 6.49. The van der Waals surface area contributed by atoms with Gasteiger partial charge in [0.2, 0.25) is 5.91 Å². The summed E-state index contributed by atoms with van der Waals surface area (Å²) in [5.41, 5.74) is 1.88. The number of thiazole rings is 1. The summed E-state index contributed by atoms with van der Waals surface area (Å²) in [5, 5.41) is 3.40. The molecule has 1 aliphatic carbocycles. The van der Waals surface area contributed by atoms with E-state index in [0.717, 1.165) is 41.2 Å². The van der Waals surface area contributed by atoms with Crippen molar-refractivity contribution >= 4 is 38.1 Å². The first kappa shape index (κ1) is 25.3. The molecule has 194 valence electrons. The van der Waals surface area contributed by atoms with Gasteiger partial charge in [0.25, 0.3) is 5.91 Å². The van der Waals surface area contributed by atoms with Crippen molar-refractivity contribution in [3.8, 4) is 16.2 Å². The molecule has 2 aliphatic rings. The number of ether oxygens (including phenoxy) is 1. The number of sulfone groups is 1. The van der Waals surface area contributed by atoms with Crippen molar-refractivity contribution in [2.45, 2.75) is 37.6 Å². The fraction of sp³-hybridized carbons (Fsp3) is 0.346. The van der Waals surface area contributed by atoms with Crippen LogP contribution in [-0.2, 0) is 27.6 Å². The molecule has 5 rings (SSSR count). The van der Waals surface area contributed by atoms with Gasteiger partial charge in [-0.15, -0.1) is 0 Å². The van der Waals surface area contributed by atoms with Crippen LogP contribution in [0, 0.1) is 11.7 Å². The van der Waals surface area contributed by atoms with Crippen LogP contribution in [0.2, 0.25) is 0 Å². The van der Waals surface area contributed by atoms with Crippen LogP contribution in [0.5, 0.6) is 5.75 Å². The van der Waals surface area contributed by atoms with Gasteiger partial charge in [0.05, 0.1) is 11.4 Å². The molecule has 2 heterocycles. The number of nitrogens with zero attached hydrogens (tertiary/aromatic N) is 2. The number of carbonyl (C=O) groups is 2. The van der Waals surface area contributed by atoms with Gasteiger partial charge < -0.3 is 15.0 Å². The Balaban J connectivity index is 1.40. The maximum atomic E-state index is 15.0. The first-order chi connectivity index (χ1) is 17.7. The van der Waals surface area contributed by atoms with Gasteiger partial charge in [-0.1, -0.05) is 18.3 Å². The minimum absolute atomic E-state index is 0.00200. The predicted octanol–water partition coefficient (Wildman–Crippen LogP) is 4.30. The zero-order valence-corrected chi connectivity index (χ0v) is 22.0. The molecule has 11 heteroatoms. The van der Waals surface area contributed by atoms with Crippen molar-refractivity contribution in [1.82, 2.24) is 9.88 Å². The van der Waals surface area contributed by atoms with Crippen molar-refractivity contribution in [2.75, 3.05) is 24.7 Å². The molecule has 1 aromatic heterocycles. The van der Waals surface area contributed by atoms with Crippen LogP contribution in [0.15, 0.2) is 41.4 Å². The summed E-state index contributed by atoms with van der Waals surface area (Å²) in [5.74, 6) is -0.525. The molecule has 2 aromatic carbocycles. The minimum atomic E-state index is -3.76. The van der Waals surface area contributed by atoms with Crippen LogP contribution < -0.4 is 10.1 Å². The molecule has 1 aliphatic heterocycles. The van der Waals surface area contributed by atoms with Crippen molar-refractivity contribution in [1.29, 1.82) is 0 Å². The van der Waals surface area contributed by atoms with E-state index in [1.807, 2.05) is 18.2 Å². The number of rotatable bonds is 6. The number of aromatic nitrogens is 1. The minimum Gasteiger partial charge on any atom is -0.491 e. The monoisotopic (exact) mass is 543 g/mol. The number of nitrogens with one attached hydrogen (secondary N) is 1. The summed E-state index contributed by atoms with van der Waals surface area (Å²) in [6.45, 7) is 2.48. The van der Waals surface area contributed by atoms with Gasteiger partial charge in [-0.05, 0) is 55.2 Å². The predicted molar refractivity (Wildman–Crippen MR) is 138 cm³/mol. The van der Waals surface area contributed by atoms with Gasteiger partial charge in [0.1, 0.15) is 23.1 Å². The Morgan fingerprint density at radius 3 is 2.73 bits per heavy atom. The van der Waals surface area contributed by atoms with Crippen molar-refractivity contribution in [3.63, 3.8) is 0 Å². The van der Waals surface area contributed by atoms with Gasteiger partial charge in [-0.25, -0.2) is 17.8 Å². The molecule has 1 saturated carbocycles. The molecule has 0 bridgehead atoms. The molecule has 3 aromatic rings. The summed E-state index contributed by atoms with van der Waals surface area (Å²) in [6.07, 6.45) is 4.65. The first-order valence-electron chi connectivity index (χ1n) is 12.0. The number of carbonyl (C=O) groups excluding carboxylic acids is 2. The second-order valence-electron chi connectivity index (χ2n) is 9.22. The summed E-state index contributed by atoms with van der Waals surface area (Å²) in [4.78, 5) is 31.9. The van der Waals surface area contributed by atoms with Gasteiger partial charge in [0, 0.05) is 41.6 Å². The van der Waals surface area contributed by atoms with Crippen molar-refractivity contribution in [2.24, 2.45) is 5.92 Å². The average Bonchev–Trinajstić information content (AvgIpc) is 3.65. The van der Waals surface area contributed by atoms with E-state index in [1.54, 1.807) is 18.0 Å². The van der Waals surface area contributed by atoms with E-state index in [4.69, 9.17) is 4.74 Å². The Morgan fingerprint density at radius 1 is 1.24 bits per heavy atom. The lowest BCUT2D eigenvalue weighted by atomic mass is 10.0. The highest BCUT2D eigenvalue weighted by Crippen LogP contribution is 2.35. The fourth-order valence-corrected chi connectivity index (χ4v) is 5.92. The highest BCUT2D eigenvalue weighted by molar-refractivity contribution is 7.90. The molecule has 1 N–H and O–H groups in total. The highest BCUT2D eigenvalue weighted by Gasteiger charge is 2.30. The zero-order chi connectivity index (χ0) is 26.3. The van der Waals surface area contributed by atoms with Crippen molar-refractivity contribution < 1.29 is 27.1 Å². The Morgan fingerprint density at radius 2 is 2.03 bits per heavy atom. The molecule has 0 spiro atoms. The Hall–Kier alpha value is -3.31. The van der Waals surface area contributed by atoms with Gasteiger partial charge in [-0.2, -0.15) is 0 Å². The van der Waals surface area contributed by atoms with E-state index >= 15 is 4.39 Å². The Labute approximate surface area is 218 Å². The molecule has 0 unspecified atom stereocenters. The Kier molecular flexibility index (Phi) is 6.76. The molecule has 2 amide bonds. The number of amides is 2. The van der Waals surface area contributed by atoms with Crippen LogP contribution >= 0.6 is 11.3 Å². The van der Waals surface area contributed by atoms with E-state index in [2.05, 4.69) is 10.3 Å². The smallest absolute Gasteiger partial charge is 0.254 e. The average molecular weight is 544 g/mol. The van der Waals surface area contributed by atoms with E-state index in [1.165, 1.54) is 17.4 Å². The molecule has 0 atom stereocenters. The zero-order valence-electron chi connectivity index (χ0n) is 20.4. The second-order valence-corrected chi connectivity index (χ2v) is 12.2. The number of anilines is 1. The molecular weight excluding hydrogens is 517 g/mol. The quantitative estimate of drug-likeness (QED) is 0.497. The maximum Gasteiger partial charge on any atom is 0.254 e. The van der Waals surface area contributed by atoms with E-state index < -0.39 is 20.5 Å². The van der Waals surface area contributed by atoms with Gasteiger partial charge in [0.15, 0.2) is 15.0 Å². The lowest BCUT2D eigenvalue weighted by Gasteiger charge is -2.22. The summed E-state index contributed by atoms with van der Waals surface area (Å²) in [7, 11) is -3.76. The normalized spacial score (nSPS) is 15.5. The second kappa shape index (κ2) is 9.86. The van der Waals surface area contributed by atoms with Crippen LogP contribution in [0.3, 0.4) is 0 Å². The van der Waals surface area contributed by atoms with E-state index in [9.17, 15) is 18.0 Å². The number of hydrogen-bond acceptors (Lipinski definition) is 7. The van der Waals surface area contributed by atoms with Gasteiger partial charge in [-0.3, -0.25) is 9.59 Å². The highest BCUT2D eigenvalue weighted by atomic mass is 32.2. The van der Waals surface area contributed by atoms with Crippen LogP contribution in [-0.4, -0.2) is 49.5 Å². The number of hydrogen-bond donors (Lipinski definition) is 1. The molecule has 0 saturated heterocycles. The molecular formula is C26H26FN3O5S2. The van der Waals surface area contributed by atoms with E-state index in [0.29, 0.717) is 17.4 Å². The van der Waals surface area contributed by atoms with Crippen LogP contribution in [0.1, 0.15) is 41.3 Å². The number of benzene rings is 2. The lowest BCUT2D eigenvalue weighted by molar-refractivity contribution is -0.117. The summed E-state index contributed by atoms with van der Waals surface area (Å²) < 4.78 is 44.8. The topological polar surface area (TPSA) is 106 Å². The third kappa shape index (κ3) is 5.24. The van der Waals surface area contributed by atoms with Gasteiger partial charge >= 0.3 is 0 Å². The SMILES string of the molecule is CCc1c(C(=O)N2CCOc3ccc(-c4cnc(NC(=O)C5CC5)s4)cc3C2)ccc(S(C)(=O)=O)c1F. The molecule has 0 radical (unpaired) electrons. The standard InChI is InChI=1S/C26H26FN3O5S2/c1-3-18-19(7-9-22(23(18)27)37(2,33)34)25(32)30-10-11-35-20-8-6-16(12-17(20)14-30)21-13-28-26(36-21)29-24(31)15-4-5-15/h6-9,12-13,15H,3-5,10-11,14H2,1-2H3,(H,28,29,31). The number of halogens is 1. The third-order valence-corrected chi connectivity index (χ3v) is 8.56. The van der Waals surface area contributed by atoms with E-state index in [-0.39, 0.29) is 48.4 Å². The summed E-state index contributed by atoms with van der Waals surface area (Å²) >= 11 is 1.37. The largest absolute Gasteiger partial charge is 0.491 e. The van der Waals surface area contributed by atoms with Crippen molar-refractivity contribution in [3.05, 3.63) is 59.0 Å². The fourth-order valence-electron chi connectivity index (χ4n) is 4.34. The molecule has 1 fully saturated rings. The van der Waals surface area contributed by atoms with Crippen LogP contribution in [0.4, 0.5) is 9.52 Å². The molecule has 8 nitrogen and oxygen atoms in total. The maximum absolute atomic E-state index is 15.0. The first-order valence-corrected chi connectivity index (χ1v) is 14.7. The number of fused-ring (bicyclic) bond motifs is 1.